The number of carbonyl (C=O) groups is 1. The Balaban J connectivity index is 2.44. The fourth-order valence-corrected chi connectivity index (χ4v) is 1.06. The molecule has 0 aliphatic heterocycles. The Morgan fingerprint density at radius 2 is 2.00 bits per heavy atom. The molecule has 0 aliphatic rings. The minimum atomic E-state index is -0.163. The Morgan fingerprint density at radius 3 is 2.57 bits per heavy atom. The lowest BCUT2D eigenvalue weighted by atomic mass is 10.2. The van der Waals surface area contributed by atoms with Crippen LogP contribution in [0.4, 0.5) is 0 Å². The molecular formula is C12H15O2. The standard InChI is InChI=1S/C12H15O2/c1-3-4-5-12(13)14-11-8-6-10(2)7-9-11/h6-9H,2-5H2,1H3. The third kappa shape index (κ3) is 3.60. The van der Waals surface area contributed by atoms with E-state index in [2.05, 4.69) is 6.92 Å². The topological polar surface area (TPSA) is 26.3 Å². The monoisotopic (exact) mass is 191 g/mol. The van der Waals surface area contributed by atoms with Gasteiger partial charge >= 0.3 is 5.97 Å². The highest BCUT2D eigenvalue weighted by molar-refractivity contribution is 5.72. The van der Waals surface area contributed by atoms with E-state index >= 15 is 0 Å². The number of ether oxygens (including phenoxy) is 1. The minimum Gasteiger partial charge on any atom is -0.427 e. The molecule has 1 rings (SSSR count). The highest BCUT2D eigenvalue weighted by atomic mass is 16.5. The molecule has 0 aliphatic carbocycles. The number of benzene rings is 1. The predicted octanol–water partition coefficient (Wildman–Crippen LogP) is 2.96. The van der Waals surface area contributed by atoms with Crippen LogP contribution < -0.4 is 4.74 Å². The zero-order valence-electron chi connectivity index (χ0n) is 8.45. The molecule has 0 spiro atoms. The largest absolute Gasteiger partial charge is 0.427 e. The third-order valence-electron chi connectivity index (χ3n) is 1.89. The van der Waals surface area contributed by atoms with Crippen molar-refractivity contribution in [3.63, 3.8) is 0 Å². The van der Waals surface area contributed by atoms with E-state index in [9.17, 15) is 4.79 Å². The van der Waals surface area contributed by atoms with Crippen LogP contribution >= 0.6 is 0 Å². The first-order valence-electron chi connectivity index (χ1n) is 4.85. The smallest absolute Gasteiger partial charge is 0.311 e. The van der Waals surface area contributed by atoms with E-state index in [1.165, 1.54) is 0 Å². The molecule has 75 valence electrons. The minimum absolute atomic E-state index is 0.163. The summed E-state index contributed by atoms with van der Waals surface area (Å²) in [7, 11) is 0. The Morgan fingerprint density at radius 1 is 1.36 bits per heavy atom. The van der Waals surface area contributed by atoms with Gasteiger partial charge in [0.15, 0.2) is 0 Å². The Kier molecular flexibility index (Phi) is 4.17. The van der Waals surface area contributed by atoms with E-state index in [-0.39, 0.29) is 5.97 Å². The molecule has 0 fully saturated rings. The van der Waals surface area contributed by atoms with Crippen molar-refractivity contribution in [1.29, 1.82) is 0 Å². The number of esters is 1. The molecule has 0 saturated heterocycles. The van der Waals surface area contributed by atoms with E-state index in [4.69, 9.17) is 4.74 Å². The van der Waals surface area contributed by atoms with Gasteiger partial charge in [-0.05, 0) is 31.0 Å². The highest BCUT2D eigenvalue weighted by Gasteiger charge is 2.02. The Labute approximate surface area is 84.9 Å². The van der Waals surface area contributed by atoms with Gasteiger partial charge in [0.25, 0.3) is 0 Å². The summed E-state index contributed by atoms with van der Waals surface area (Å²) in [5, 5.41) is 0. The van der Waals surface area contributed by atoms with Crippen molar-refractivity contribution >= 4 is 5.97 Å². The summed E-state index contributed by atoms with van der Waals surface area (Å²) in [5.74, 6) is 0.433. The van der Waals surface area contributed by atoms with Gasteiger partial charge in [-0.3, -0.25) is 4.79 Å². The fourth-order valence-electron chi connectivity index (χ4n) is 1.06. The SMILES string of the molecule is [CH2]c1ccc(OC(=O)CCCC)cc1. The number of carbonyl (C=O) groups excluding carboxylic acids is 1. The zero-order valence-corrected chi connectivity index (χ0v) is 8.45. The zero-order chi connectivity index (χ0) is 10.4. The van der Waals surface area contributed by atoms with Gasteiger partial charge in [-0.1, -0.05) is 25.5 Å². The average Bonchev–Trinajstić information content (AvgIpc) is 2.18. The normalized spacial score (nSPS) is 9.86. The van der Waals surface area contributed by atoms with Gasteiger partial charge < -0.3 is 4.74 Å². The summed E-state index contributed by atoms with van der Waals surface area (Å²) in [6, 6.07) is 7.16. The van der Waals surface area contributed by atoms with Crippen LogP contribution in [0.1, 0.15) is 31.7 Å². The molecular weight excluding hydrogens is 176 g/mol. The van der Waals surface area contributed by atoms with E-state index in [0.29, 0.717) is 12.2 Å². The van der Waals surface area contributed by atoms with Crippen molar-refractivity contribution in [3.05, 3.63) is 36.8 Å². The highest BCUT2D eigenvalue weighted by Crippen LogP contribution is 2.12. The molecule has 2 heteroatoms. The number of rotatable bonds is 4. The maximum atomic E-state index is 11.2. The maximum absolute atomic E-state index is 11.2. The molecule has 0 atom stereocenters. The summed E-state index contributed by atoms with van der Waals surface area (Å²) in [4.78, 5) is 11.2. The second-order valence-electron chi connectivity index (χ2n) is 3.22. The van der Waals surface area contributed by atoms with Gasteiger partial charge in [0.2, 0.25) is 0 Å². The first-order valence-corrected chi connectivity index (χ1v) is 4.85. The summed E-state index contributed by atoms with van der Waals surface area (Å²) >= 11 is 0. The predicted molar refractivity (Wildman–Crippen MR) is 56.1 cm³/mol. The maximum Gasteiger partial charge on any atom is 0.311 e. The second-order valence-corrected chi connectivity index (χ2v) is 3.22. The first kappa shape index (κ1) is 10.8. The third-order valence-corrected chi connectivity index (χ3v) is 1.89. The van der Waals surface area contributed by atoms with Crippen LogP contribution in [-0.4, -0.2) is 5.97 Å². The van der Waals surface area contributed by atoms with Crippen molar-refractivity contribution in [2.45, 2.75) is 26.2 Å². The Bertz CT molecular complexity index is 288. The fraction of sp³-hybridized carbons (Fsp3) is 0.333. The number of hydrogen-bond donors (Lipinski definition) is 0. The van der Waals surface area contributed by atoms with E-state index < -0.39 is 0 Å². The number of hydrogen-bond acceptors (Lipinski definition) is 2. The van der Waals surface area contributed by atoms with Crippen LogP contribution in [0.3, 0.4) is 0 Å². The van der Waals surface area contributed by atoms with Crippen molar-refractivity contribution in [3.8, 4) is 5.75 Å². The average molecular weight is 191 g/mol. The molecule has 0 saturated carbocycles. The van der Waals surface area contributed by atoms with Crippen molar-refractivity contribution in [1.82, 2.24) is 0 Å². The summed E-state index contributed by atoms with van der Waals surface area (Å²) in [6.07, 6.45) is 2.38. The Hall–Kier alpha value is -1.31. The van der Waals surface area contributed by atoms with Crippen molar-refractivity contribution in [2.24, 2.45) is 0 Å². The van der Waals surface area contributed by atoms with Crippen LogP contribution in [0.5, 0.6) is 5.75 Å². The lowest BCUT2D eigenvalue weighted by Gasteiger charge is -2.03. The van der Waals surface area contributed by atoms with Gasteiger partial charge in [-0.2, -0.15) is 0 Å². The van der Waals surface area contributed by atoms with Gasteiger partial charge in [0.1, 0.15) is 5.75 Å². The summed E-state index contributed by atoms with van der Waals surface area (Å²) < 4.78 is 5.10. The molecule has 0 aromatic heterocycles. The van der Waals surface area contributed by atoms with Crippen LogP contribution in [0.15, 0.2) is 24.3 Å². The quantitative estimate of drug-likeness (QED) is 0.540. The molecule has 0 unspecified atom stereocenters. The van der Waals surface area contributed by atoms with Gasteiger partial charge in [-0.25, -0.2) is 0 Å². The molecule has 0 heterocycles. The van der Waals surface area contributed by atoms with Crippen molar-refractivity contribution < 1.29 is 9.53 Å². The molecule has 0 N–H and O–H groups in total. The summed E-state index contributed by atoms with van der Waals surface area (Å²) in [6.45, 7) is 5.80. The number of unbranched alkanes of at least 4 members (excludes halogenated alkanes) is 1. The molecule has 2 nitrogen and oxygen atoms in total. The molecule has 0 bridgehead atoms. The lowest BCUT2D eigenvalue weighted by molar-refractivity contribution is -0.134. The van der Waals surface area contributed by atoms with E-state index in [1.54, 1.807) is 12.1 Å². The van der Waals surface area contributed by atoms with Crippen LogP contribution in [0.25, 0.3) is 0 Å². The van der Waals surface area contributed by atoms with E-state index in [1.807, 2.05) is 19.1 Å². The molecule has 1 radical (unpaired) electrons. The van der Waals surface area contributed by atoms with Crippen LogP contribution in [0.2, 0.25) is 0 Å². The molecule has 0 amide bonds. The summed E-state index contributed by atoms with van der Waals surface area (Å²) in [5.41, 5.74) is 0.915. The first-order chi connectivity index (χ1) is 6.72. The lowest BCUT2D eigenvalue weighted by Crippen LogP contribution is -2.07. The van der Waals surface area contributed by atoms with Crippen molar-refractivity contribution in [2.75, 3.05) is 0 Å². The second kappa shape index (κ2) is 5.43. The molecule has 1 aromatic carbocycles. The van der Waals surface area contributed by atoms with Gasteiger partial charge in [0, 0.05) is 6.42 Å². The van der Waals surface area contributed by atoms with Gasteiger partial charge in [0.05, 0.1) is 0 Å². The van der Waals surface area contributed by atoms with Gasteiger partial charge in [-0.15, -0.1) is 0 Å². The van der Waals surface area contributed by atoms with E-state index in [0.717, 1.165) is 18.4 Å². The molecule has 1 aromatic rings. The van der Waals surface area contributed by atoms with Crippen LogP contribution in [0, 0.1) is 6.92 Å². The molecule has 14 heavy (non-hydrogen) atoms. The van der Waals surface area contributed by atoms with Crippen LogP contribution in [-0.2, 0) is 4.79 Å².